The molecule has 1 spiro atoms. The van der Waals surface area contributed by atoms with E-state index in [9.17, 15) is 4.21 Å². The van der Waals surface area contributed by atoms with Gasteiger partial charge in [0.25, 0.3) is 0 Å². The van der Waals surface area contributed by atoms with E-state index in [1.54, 1.807) is 0 Å². The van der Waals surface area contributed by atoms with Gasteiger partial charge < -0.3 is 9.33 Å². The molecule has 2 aliphatic rings. The van der Waals surface area contributed by atoms with Crippen molar-refractivity contribution in [1.29, 1.82) is 0 Å². The Labute approximate surface area is 222 Å². The zero-order valence-electron chi connectivity index (χ0n) is 22.5. The van der Waals surface area contributed by atoms with Crippen LogP contribution in [0.3, 0.4) is 0 Å². The molecular formula is C25H42BrN5O2SSi. The number of hydrogen-bond donors (Lipinski definition) is 1. The van der Waals surface area contributed by atoms with Gasteiger partial charge in [0.1, 0.15) is 0 Å². The molecule has 3 atom stereocenters. The van der Waals surface area contributed by atoms with Crippen LogP contribution in [0.15, 0.2) is 23.1 Å². The molecule has 0 aromatic carbocycles. The fourth-order valence-corrected chi connectivity index (χ4v) is 7.89. The Morgan fingerprint density at radius 3 is 2.43 bits per heavy atom. The smallest absolute Gasteiger partial charge is 0.211 e. The molecule has 1 saturated carbocycles. The van der Waals surface area contributed by atoms with Gasteiger partial charge in [0, 0.05) is 43.8 Å². The molecule has 2 aromatic heterocycles. The Kier molecular flexibility index (Phi) is 7.38. The summed E-state index contributed by atoms with van der Waals surface area (Å²) in [6, 6.07) is 0.186. The number of halogens is 1. The van der Waals surface area contributed by atoms with Crippen molar-refractivity contribution in [2.45, 2.75) is 102 Å². The average Bonchev–Trinajstić information content (AvgIpc) is 3.34. The Morgan fingerprint density at radius 1 is 1.17 bits per heavy atom. The van der Waals surface area contributed by atoms with Gasteiger partial charge in [-0.05, 0) is 85.9 Å². The van der Waals surface area contributed by atoms with E-state index in [4.69, 9.17) is 9.41 Å². The molecule has 1 N–H and O–H groups in total. The maximum Gasteiger partial charge on any atom is 0.211 e. The van der Waals surface area contributed by atoms with Gasteiger partial charge in [-0.2, -0.15) is 0 Å². The standard InChI is InChI=1S/C25H42BrN5O2SSi/c1-23(2,3)34(32)29-20-15-18(33-35(7,8)24(4,5)6)16-25(20)9-12-30(13-10-25)22-28-17-19(26)21-27-11-14-31(21)22/h11,14,17-18,20,29H,9-10,12-13,15-16H2,1-8H3/t18-,20+,34+/m0/s1. The predicted octanol–water partition coefficient (Wildman–Crippen LogP) is 5.68. The van der Waals surface area contributed by atoms with E-state index in [1.165, 1.54) is 0 Å². The summed E-state index contributed by atoms with van der Waals surface area (Å²) in [5.41, 5.74) is 0.965. The van der Waals surface area contributed by atoms with Crippen LogP contribution >= 0.6 is 15.9 Å². The zero-order chi connectivity index (χ0) is 25.8. The predicted molar refractivity (Wildman–Crippen MR) is 151 cm³/mol. The van der Waals surface area contributed by atoms with E-state index < -0.39 is 19.3 Å². The highest BCUT2D eigenvalue weighted by Gasteiger charge is 2.52. The van der Waals surface area contributed by atoms with Gasteiger partial charge in [-0.25, -0.2) is 18.9 Å². The number of fused-ring (bicyclic) bond motifs is 1. The van der Waals surface area contributed by atoms with Gasteiger partial charge in [0.05, 0.1) is 20.2 Å². The fourth-order valence-electron chi connectivity index (χ4n) is 5.17. The second-order valence-corrected chi connectivity index (χ2v) is 20.5. The summed E-state index contributed by atoms with van der Waals surface area (Å²) < 4.78 is 26.3. The lowest BCUT2D eigenvalue weighted by atomic mass is 9.74. The van der Waals surface area contributed by atoms with Crippen molar-refractivity contribution in [2.24, 2.45) is 5.41 Å². The highest BCUT2D eigenvalue weighted by Crippen LogP contribution is 2.50. The minimum atomic E-state index is -1.89. The number of rotatable bonds is 5. The Morgan fingerprint density at radius 2 is 1.83 bits per heavy atom. The number of nitrogens with one attached hydrogen (secondary N) is 1. The maximum atomic E-state index is 13.2. The molecule has 196 valence electrons. The van der Waals surface area contributed by atoms with E-state index in [0.717, 1.165) is 54.8 Å². The zero-order valence-corrected chi connectivity index (χ0v) is 25.9. The van der Waals surface area contributed by atoms with E-state index in [1.807, 2.05) is 39.4 Å². The molecule has 4 rings (SSSR count). The first-order chi connectivity index (χ1) is 16.1. The van der Waals surface area contributed by atoms with E-state index in [2.05, 4.69) is 68.8 Å². The molecule has 1 aliphatic heterocycles. The summed E-state index contributed by atoms with van der Waals surface area (Å²) >= 11 is 3.56. The third-order valence-corrected chi connectivity index (χ3v) is 15.1. The molecule has 0 radical (unpaired) electrons. The lowest BCUT2D eigenvalue weighted by Gasteiger charge is -2.44. The Bertz CT molecular complexity index is 1090. The summed E-state index contributed by atoms with van der Waals surface area (Å²) in [6.45, 7) is 19.5. The van der Waals surface area contributed by atoms with Crippen molar-refractivity contribution in [2.75, 3.05) is 18.0 Å². The van der Waals surface area contributed by atoms with Crippen molar-refractivity contribution in [3.63, 3.8) is 0 Å². The number of hydrogen-bond acceptors (Lipinski definition) is 5. The van der Waals surface area contributed by atoms with Crippen LogP contribution in [0.1, 0.15) is 67.2 Å². The molecule has 10 heteroatoms. The summed E-state index contributed by atoms with van der Waals surface area (Å²) in [4.78, 5) is 11.6. The number of imidazole rings is 1. The normalized spacial score (nSPS) is 24.4. The van der Waals surface area contributed by atoms with Crippen LogP contribution in [-0.4, -0.2) is 56.9 Å². The van der Waals surface area contributed by atoms with E-state index in [0.29, 0.717) is 0 Å². The quantitative estimate of drug-likeness (QED) is 0.458. The first kappa shape index (κ1) is 27.2. The van der Waals surface area contributed by atoms with Gasteiger partial charge in [-0.15, -0.1) is 0 Å². The topological polar surface area (TPSA) is 71.8 Å². The third kappa shape index (κ3) is 5.42. The Balaban J connectivity index is 1.55. The van der Waals surface area contributed by atoms with Gasteiger partial charge in [-0.3, -0.25) is 4.40 Å². The van der Waals surface area contributed by atoms with Crippen LogP contribution in [0.2, 0.25) is 18.1 Å². The molecule has 1 saturated heterocycles. The molecule has 3 heterocycles. The lowest BCUT2D eigenvalue weighted by molar-refractivity contribution is 0.143. The van der Waals surface area contributed by atoms with Crippen LogP contribution in [0.5, 0.6) is 0 Å². The van der Waals surface area contributed by atoms with Gasteiger partial charge in [0.2, 0.25) is 5.95 Å². The average molecular weight is 585 g/mol. The van der Waals surface area contributed by atoms with Crippen molar-refractivity contribution in [3.8, 4) is 0 Å². The van der Waals surface area contributed by atoms with Crippen LogP contribution < -0.4 is 9.62 Å². The van der Waals surface area contributed by atoms with E-state index in [-0.39, 0.29) is 27.3 Å². The van der Waals surface area contributed by atoms with Crippen molar-refractivity contribution >= 4 is 46.8 Å². The summed E-state index contributed by atoms with van der Waals surface area (Å²) in [5.74, 6) is 0.936. The van der Waals surface area contributed by atoms with Gasteiger partial charge in [-0.1, -0.05) is 20.8 Å². The second-order valence-electron chi connectivity index (χ2n) is 12.9. The highest BCUT2D eigenvalue weighted by molar-refractivity contribution is 9.10. The summed E-state index contributed by atoms with van der Waals surface area (Å²) in [6.07, 6.45) is 9.85. The summed E-state index contributed by atoms with van der Waals surface area (Å²) in [7, 11) is -3.00. The molecule has 1 aliphatic carbocycles. The van der Waals surface area contributed by atoms with Gasteiger partial charge in [0.15, 0.2) is 14.0 Å². The first-order valence-electron chi connectivity index (χ1n) is 12.7. The minimum Gasteiger partial charge on any atom is -0.414 e. The molecule has 7 nitrogen and oxygen atoms in total. The summed E-state index contributed by atoms with van der Waals surface area (Å²) in [5, 5.41) is 0.173. The molecule has 2 aromatic rings. The fraction of sp³-hybridized carbons (Fsp3) is 0.760. The molecule has 2 fully saturated rings. The van der Waals surface area contributed by atoms with Crippen LogP contribution in [0.25, 0.3) is 5.65 Å². The number of nitrogens with zero attached hydrogens (tertiary/aromatic N) is 4. The van der Waals surface area contributed by atoms with Crippen molar-refractivity contribution < 1.29 is 8.63 Å². The minimum absolute atomic E-state index is 0.0772. The third-order valence-electron chi connectivity index (χ3n) is 8.35. The molecule has 0 amide bonds. The highest BCUT2D eigenvalue weighted by atomic mass is 79.9. The maximum absolute atomic E-state index is 13.2. The first-order valence-corrected chi connectivity index (χ1v) is 17.6. The lowest BCUT2D eigenvalue weighted by Crippen LogP contribution is -2.51. The van der Waals surface area contributed by atoms with Crippen LogP contribution in [0, 0.1) is 5.41 Å². The van der Waals surface area contributed by atoms with Crippen molar-refractivity contribution in [1.82, 2.24) is 19.1 Å². The van der Waals surface area contributed by atoms with Crippen LogP contribution in [-0.2, 0) is 15.4 Å². The number of aromatic nitrogens is 3. The molecule has 35 heavy (non-hydrogen) atoms. The number of piperidine rings is 1. The van der Waals surface area contributed by atoms with Gasteiger partial charge >= 0.3 is 0 Å². The second kappa shape index (κ2) is 9.49. The van der Waals surface area contributed by atoms with E-state index >= 15 is 0 Å². The molecule has 0 bridgehead atoms. The van der Waals surface area contributed by atoms with Crippen LogP contribution in [0.4, 0.5) is 5.95 Å². The molecule has 0 unspecified atom stereocenters. The Hall–Kier alpha value is -0.813. The van der Waals surface area contributed by atoms with Crippen molar-refractivity contribution in [3.05, 3.63) is 23.1 Å². The monoisotopic (exact) mass is 583 g/mol. The number of anilines is 1. The SMILES string of the molecule is CC(C)(C)[S@@](=O)N[C@@H]1C[C@H](O[Si](C)(C)C(C)(C)C)CC12CCN(c1ncc(Br)c3nccn13)CC2. The molecular weight excluding hydrogens is 542 g/mol. The largest absolute Gasteiger partial charge is 0.414 e.